The molecule has 8 nitrogen and oxygen atoms in total. The fourth-order valence-corrected chi connectivity index (χ4v) is 2.80. The van der Waals surface area contributed by atoms with Gasteiger partial charge in [0.25, 0.3) is 0 Å². The number of nitrogen functional groups attached to an aromatic ring is 1. The molecule has 0 bridgehead atoms. The molecule has 0 radical (unpaired) electrons. The maximum absolute atomic E-state index is 11.8. The van der Waals surface area contributed by atoms with Crippen LogP contribution >= 0.6 is 15.9 Å². The standard InChI is InChI=1S/C18H23BrN4O4/c1-5-25-15-8-13(9-21-23-10-11(3)22-18(23)20)7-14(19)16(15)27-12(4)17(24)26-6-2/h7-10,12H,5-6H2,1-4H3,(H2,20,22). The molecule has 27 heavy (non-hydrogen) atoms. The van der Waals surface area contributed by atoms with E-state index in [1.54, 1.807) is 38.4 Å². The highest BCUT2D eigenvalue weighted by atomic mass is 79.9. The summed E-state index contributed by atoms with van der Waals surface area (Å²) < 4.78 is 18.5. The molecule has 0 saturated heterocycles. The minimum absolute atomic E-state index is 0.290. The highest BCUT2D eigenvalue weighted by Crippen LogP contribution is 2.37. The van der Waals surface area contributed by atoms with E-state index in [0.717, 1.165) is 11.3 Å². The van der Waals surface area contributed by atoms with Crippen molar-refractivity contribution in [1.82, 2.24) is 9.66 Å². The van der Waals surface area contributed by atoms with Crippen molar-refractivity contribution in [3.05, 3.63) is 34.1 Å². The van der Waals surface area contributed by atoms with Gasteiger partial charge in [-0.05, 0) is 61.3 Å². The van der Waals surface area contributed by atoms with Crippen LogP contribution in [-0.2, 0) is 9.53 Å². The molecule has 0 spiro atoms. The third-order valence-electron chi connectivity index (χ3n) is 3.41. The molecule has 1 aromatic carbocycles. The van der Waals surface area contributed by atoms with E-state index in [1.165, 1.54) is 4.68 Å². The minimum atomic E-state index is -0.770. The molecule has 0 fully saturated rings. The number of halogens is 1. The Morgan fingerprint density at radius 3 is 2.74 bits per heavy atom. The van der Waals surface area contributed by atoms with Gasteiger partial charge >= 0.3 is 5.97 Å². The molecule has 9 heteroatoms. The molecule has 2 rings (SSSR count). The van der Waals surface area contributed by atoms with Crippen LogP contribution in [0.25, 0.3) is 0 Å². The van der Waals surface area contributed by atoms with Crippen molar-refractivity contribution in [2.45, 2.75) is 33.8 Å². The Bertz CT molecular complexity index is 835. The Labute approximate surface area is 166 Å². The summed E-state index contributed by atoms with van der Waals surface area (Å²) in [7, 11) is 0. The van der Waals surface area contributed by atoms with Gasteiger partial charge in [0.1, 0.15) is 0 Å². The molecule has 0 saturated carbocycles. The van der Waals surface area contributed by atoms with E-state index in [2.05, 4.69) is 26.0 Å². The monoisotopic (exact) mass is 438 g/mol. The number of esters is 1. The van der Waals surface area contributed by atoms with Gasteiger partial charge in [0.15, 0.2) is 17.6 Å². The van der Waals surface area contributed by atoms with E-state index in [4.69, 9.17) is 19.9 Å². The van der Waals surface area contributed by atoms with Crippen LogP contribution in [0.2, 0.25) is 0 Å². The second-order valence-corrected chi connectivity index (χ2v) is 6.46. The number of hydrogen-bond donors (Lipinski definition) is 1. The molecule has 0 aliphatic heterocycles. The number of nitrogens with two attached hydrogens (primary N) is 1. The van der Waals surface area contributed by atoms with Crippen LogP contribution in [-0.4, -0.2) is 41.2 Å². The highest BCUT2D eigenvalue weighted by Gasteiger charge is 2.20. The third kappa shape index (κ3) is 5.46. The maximum Gasteiger partial charge on any atom is 0.347 e. The van der Waals surface area contributed by atoms with Crippen molar-refractivity contribution in [3.8, 4) is 11.5 Å². The number of imidazole rings is 1. The van der Waals surface area contributed by atoms with Gasteiger partial charge in [-0.15, -0.1) is 0 Å². The Morgan fingerprint density at radius 2 is 2.15 bits per heavy atom. The Hall–Kier alpha value is -2.55. The van der Waals surface area contributed by atoms with Crippen LogP contribution in [0.4, 0.5) is 5.95 Å². The average molecular weight is 439 g/mol. The lowest BCUT2D eigenvalue weighted by atomic mass is 10.2. The zero-order valence-electron chi connectivity index (χ0n) is 15.7. The molecule has 1 unspecified atom stereocenters. The molecule has 1 atom stereocenters. The lowest BCUT2D eigenvalue weighted by Crippen LogP contribution is -2.26. The van der Waals surface area contributed by atoms with Crippen LogP contribution in [0.3, 0.4) is 0 Å². The third-order valence-corrected chi connectivity index (χ3v) is 4.00. The molecular formula is C18H23BrN4O4. The minimum Gasteiger partial charge on any atom is -0.490 e. The van der Waals surface area contributed by atoms with E-state index < -0.39 is 12.1 Å². The van der Waals surface area contributed by atoms with Crippen molar-refractivity contribution in [2.24, 2.45) is 5.10 Å². The summed E-state index contributed by atoms with van der Waals surface area (Å²) in [5, 5.41) is 4.30. The first-order valence-electron chi connectivity index (χ1n) is 8.51. The fraction of sp³-hybridized carbons (Fsp3) is 0.389. The lowest BCUT2D eigenvalue weighted by molar-refractivity contribution is -0.150. The maximum atomic E-state index is 11.8. The van der Waals surface area contributed by atoms with Crippen molar-refractivity contribution >= 4 is 34.1 Å². The van der Waals surface area contributed by atoms with Crippen LogP contribution in [0.15, 0.2) is 27.9 Å². The zero-order chi connectivity index (χ0) is 20.0. The van der Waals surface area contributed by atoms with Crippen LogP contribution in [0.5, 0.6) is 11.5 Å². The molecule has 0 amide bonds. The van der Waals surface area contributed by atoms with Crippen LogP contribution < -0.4 is 15.2 Å². The summed E-state index contributed by atoms with van der Waals surface area (Å²) in [6.45, 7) is 7.79. The van der Waals surface area contributed by atoms with Crippen molar-refractivity contribution in [1.29, 1.82) is 0 Å². The van der Waals surface area contributed by atoms with Gasteiger partial charge in [-0.25, -0.2) is 14.5 Å². The molecule has 146 valence electrons. The number of benzene rings is 1. The quantitative estimate of drug-likeness (QED) is 0.501. The van der Waals surface area contributed by atoms with Crippen LogP contribution in [0.1, 0.15) is 32.0 Å². The normalized spacial score (nSPS) is 12.2. The molecule has 1 heterocycles. The van der Waals surface area contributed by atoms with Gasteiger partial charge in [-0.2, -0.15) is 5.10 Å². The summed E-state index contributed by atoms with van der Waals surface area (Å²) in [5.41, 5.74) is 7.32. The molecule has 0 aliphatic carbocycles. The van der Waals surface area contributed by atoms with E-state index in [9.17, 15) is 4.79 Å². The predicted molar refractivity (Wildman–Crippen MR) is 106 cm³/mol. The number of carbonyl (C=O) groups is 1. The number of aromatic nitrogens is 2. The van der Waals surface area contributed by atoms with Gasteiger partial charge in [0.2, 0.25) is 5.95 Å². The molecule has 1 aromatic heterocycles. The zero-order valence-corrected chi connectivity index (χ0v) is 17.3. The van der Waals surface area contributed by atoms with Gasteiger partial charge < -0.3 is 19.9 Å². The first kappa shape index (κ1) is 20.8. The van der Waals surface area contributed by atoms with E-state index >= 15 is 0 Å². The number of rotatable bonds is 8. The second kappa shape index (κ2) is 9.40. The summed E-state index contributed by atoms with van der Waals surface area (Å²) >= 11 is 3.47. The molecule has 2 N–H and O–H groups in total. The van der Waals surface area contributed by atoms with Gasteiger partial charge in [0.05, 0.1) is 35.8 Å². The number of hydrogen-bond acceptors (Lipinski definition) is 7. The SMILES string of the molecule is CCOC(=O)C(C)Oc1c(Br)cc(C=Nn2cc(C)nc2N)cc1OCC. The summed E-state index contributed by atoms with van der Waals surface area (Å²) in [4.78, 5) is 15.9. The topological polar surface area (TPSA) is 101 Å². The van der Waals surface area contributed by atoms with Gasteiger partial charge in [0, 0.05) is 0 Å². The molecule has 0 aliphatic rings. The van der Waals surface area contributed by atoms with Crippen molar-refractivity contribution in [2.75, 3.05) is 18.9 Å². The summed E-state index contributed by atoms with van der Waals surface area (Å²) in [6, 6.07) is 3.57. The smallest absolute Gasteiger partial charge is 0.347 e. The Kier molecular flexibility index (Phi) is 7.23. The van der Waals surface area contributed by atoms with Gasteiger partial charge in [-0.3, -0.25) is 0 Å². The number of nitrogens with zero attached hydrogens (tertiary/aromatic N) is 3. The lowest BCUT2D eigenvalue weighted by Gasteiger charge is -2.18. The summed E-state index contributed by atoms with van der Waals surface area (Å²) in [5.74, 6) is 0.770. The van der Waals surface area contributed by atoms with E-state index in [0.29, 0.717) is 28.5 Å². The highest BCUT2D eigenvalue weighted by molar-refractivity contribution is 9.10. The Morgan fingerprint density at radius 1 is 1.41 bits per heavy atom. The number of anilines is 1. The average Bonchev–Trinajstić information content (AvgIpc) is 2.93. The largest absolute Gasteiger partial charge is 0.490 e. The summed E-state index contributed by atoms with van der Waals surface area (Å²) in [6.07, 6.45) is 2.58. The van der Waals surface area contributed by atoms with Crippen molar-refractivity contribution in [3.63, 3.8) is 0 Å². The van der Waals surface area contributed by atoms with Crippen LogP contribution in [0, 0.1) is 6.92 Å². The van der Waals surface area contributed by atoms with Gasteiger partial charge in [-0.1, -0.05) is 0 Å². The van der Waals surface area contributed by atoms with Crippen molar-refractivity contribution < 1.29 is 19.0 Å². The second-order valence-electron chi connectivity index (χ2n) is 5.60. The number of aryl methyl sites for hydroxylation is 1. The number of carbonyl (C=O) groups excluding carboxylic acids is 1. The van der Waals surface area contributed by atoms with E-state index in [-0.39, 0.29) is 6.61 Å². The molecular weight excluding hydrogens is 416 g/mol. The Balaban J connectivity index is 2.29. The first-order chi connectivity index (χ1) is 12.8. The molecule has 2 aromatic rings. The first-order valence-corrected chi connectivity index (χ1v) is 9.30. The number of ether oxygens (including phenoxy) is 3. The van der Waals surface area contributed by atoms with E-state index in [1.807, 2.05) is 13.8 Å². The fourth-order valence-electron chi connectivity index (χ4n) is 2.25. The predicted octanol–water partition coefficient (Wildman–Crippen LogP) is 3.15.